The molecule has 0 radical (unpaired) electrons. The molecule has 0 aliphatic heterocycles. The molecule has 0 bridgehead atoms. The molecule has 11 heavy (non-hydrogen) atoms. The summed E-state index contributed by atoms with van der Waals surface area (Å²) in [6.07, 6.45) is 6.50. The van der Waals surface area contributed by atoms with E-state index in [1.54, 1.807) is 12.2 Å². The number of ketones is 1. The van der Waals surface area contributed by atoms with Crippen molar-refractivity contribution in [1.29, 1.82) is 0 Å². The lowest BCUT2D eigenvalue weighted by molar-refractivity contribution is -0.115. The van der Waals surface area contributed by atoms with Gasteiger partial charge in [-0.2, -0.15) is 0 Å². The third-order valence-corrected chi connectivity index (χ3v) is 1.68. The SMILES string of the molecule is C/C=C/C(=O)CC(C)CCC. The monoisotopic (exact) mass is 154 g/mol. The molecule has 0 saturated heterocycles. The van der Waals surface area contributed by atoms with E-state index in [4.69, 9.17) is 0 Å². The van der Waals surface area contributed by atoms with E-state index in [1.165, 1.54) is 6.42 Å². The second-order valence-electron chi connectivity index (χ2n) is 3.06. The van der Waals surface area contributed by atoms with Gasteiger partial charge in [-0.15, -0.1) is 0 Å². The molecule has 0 N–H and O–H groups in total. The van der Waals surface area contributed by atoms with Crippen LogP contribution in [0.5, 0.6) is 0 Å². The van der Waals surface area contributed by atoms with Crippen LogP contribution in [0.4, 0.5) is 0 Å². The van der Waals surface area contributed by atoms with E-state index in [0.717, 1.165) is 6.42 Å². The second kappa shape index (κ2) is 6.14. The highest BCUT2D eigenvalue weighted by molar-refractivity contribution is 5.89. The Kier molecular flexibility index (Phi) is 5.81. The highest BCUT2D eigenvalue weighted by atomic mass is 16.1. The largest absolute Gasteiger partial charge is 0.295 e. The van der Waals surface area contributed by atoms with Crippen molar-refractivity contribution in [1.82, 2.24) is 0 Å². The van der Waals surface area contributed by atoms with Crippen LogP contribution in [-0.2, 0) is 4.79 Å². The first-order chi connectivity index (χ1) is 5.20. The number of carbonyl (C=O) groups excluding carboxylic acids is 1. The fraction of sp³-hybridized carbons (Fsp3) is 0.700. The van der Waals surface area contributed by atoms with E-state index in [9.17, 15) is 4.79 Å². The van der Waals surface area contributed by atoms with Crippen molar-refractivity contribution >= 4 is 5.78 Å². The summed E-state index contributed by atoms with van der Waals surface area (Å²) in [5.41, 5.74) is 0. The number of hydrogen-bond donors (Lipinski definition) is 0. The second-order valence-corrected chi connectivity index (χ2v) is 3.06. The number of carbonyl (C=O) groups is 1. The zero-order valence-corrected chi connectivity index (χ0v) is 7.76. The minimum absolute atomic E-state index is 0.258. The molecule has 0 aliphatic rings. The zero-order valence-electron chi connectivity index (χ0n) is 7.76. The molecule has 0 rings (SSSR count). The third-order valence-electron chi connectivity index (χ3n) is 1.68. The zero-order chi connectivity index (χ0) is 8.69. The lowest BCUT2D eigenvalue weighted by Gasteiger charge is -2.05. The van der Waals surface area contributed by atoms with E-state index < -0.39 is 0 Å². The molecule has 0 aromatic heterocycles. The molecule has 1 nitrogen and oxygen atoms in total. The van der Waals surface area contributed by atoms with Crippen LogP contribution in [0.3, 0.4) is 0 Å². The van der Waals surface area contributed by atoms with Gasteiger partial charge in [0.1, 0.15) is 0 Å². The Labute approximate surface area is 69.5 Å². The van der Waals surface area contributed by atoms with E-state index in [0.29, 0.717) is 12.3 Å². The summed E-state index contributed by atoms with van der Waals surface area (Å²) < 4.78 is 0. The Balaban J connectivity index is 3.57. The molecular formula is C10H18O. The Hall–Kier alpha value is -0.590. The molecule has 0 heterocycles. The quantitative estimate of drug-likeness (QED) is 0.556. The molecule has 1 atom stereocenters. The average molecular weight is 154 g/mol. The summed E-state index contributed by atoms with van der Waals surface area (Å²) in [5.74, 6) is 0.803. The Morgan fingerprint density at radius 3 is 2.64 bits per heavy atom. The summed E-state index contributed by atoms with van der Waals surface area (Å²) in [7, 11) is 0. The van der Waals surface area contributed by atoms with Gasteiger partial charge in [0.25, 0.3) is 0 Å². The lowest BCUT2D eigenvalue weighted by Crippen LogP contribution is -2.01. The molecule has 0 amide bonds. The molecule has 64 valence electrons. The van der Waals surface area contributed by atoms with Crippen molar-refractivity contribution in [2.75, 3.05) is 0 Å². The maximum absolute atomic E-state index is 11.0. The lowest BCUT2D eigenvalue weighted by atomic mass is 9.99. The molecule has 0 aromatic rings. The van der Waals surface area contributed by atoms with Crippen LogP contribution in [0.1, 0.15) is 40.0 Å². The molecular weight excluding hydrogens is 136 g/mol. The normalized spacial score (nSPS) is 13.7. The van der Waals surface area contributed by atoms with Crippen LogP contribution in [0.25, 0.3) is 0 Å². The molecule has 0 spiro atoms. The van der Waals surface area contributed by atoms with Gasteiger partial charge in [0.05, 0.1) is 0 Å². The van der Waals surface area contributed by atoms with Gasteiger partial charge in [-0.25, -0.2) is 0 Å². The van der Waals surface area contributed by atoms with Crippen molar-refractivity contribution < 1.29 is 4.79 Å². The summed E-state index contributed by atoms with van der Waals surface area (Å²) in [6, 6.07) is 0. The van der Waals surface area contributed by atoms with Gasteiger partial charge in [-0.1, -0.05) is 32.8 Å². The van der Waals surface area contributed by atoms with Gasteiger partial charge in [0.15, 0.2) is 5.78 Å². The maximum Gasteiger partial charge on any atom is 0.155 e. The van der Waals surface area contributed by atoms with Gasteiger partial charge in [0.2, 0.25) is 0 Å². The minimum Gasteiger partial charge on any atom is -0.295 e. The minimum atomic E-state index is 0.258. The van der Waals surface area contributed by atoms with E-state index >= 15 is 0 Å². The summed E-state index contributed by atoms with van der Waals surface area (Å²) in [4.78, 5) is 11.0. The molecule has 0 fully saturated rings. The molecule has 1 unspecified atom stereocenters. The predicted octanol–water partition coefficient (Wildman–Crippen LogP) is 2.96. The third kappa shape index (κ3) is 5.84. The number of hydrogen-bond acceptors (Lipinski definition) is 1. The first kappa shape index (κ1) is 10.4. The molecule has 0 aliphatic carbocycles. The van der Waals surface area contributed by atoms with Crippen LogP contribution in [0.2, 0.25) is 0 Å². The average Bonchev–Trinajstić information content (AvgIpc) is 1.87. The van der Waals surface area contributed by atoms with Gasteiger partial charge in [0, 0.05) is 6.42 Å². The highest BCUT2D eigenvalue weighted by Gasteiger charge is 2.04. The van der Waals surface area contributed by atoms with Crippen LogP contribution in [0.15, 0.2) is 12.2 Å². The van der Waals surface area contributed by atoms with Crippen LogP contribution < -0.4 is 0 Å². The summed E-state index contributed by atoms with van der Waals surface area (Å²) in [5, 5.41) is 0. The fourth-order valence-corrected chi connectivity index (χ4v) is 1.19. The fourth-order valence-electron chi connectivity index (χ4n) is 1.19. The number of allylic oxidation sites excluding steroid dienone is 2. The van der Waals surface area contributed by atoms with Crippen LogP contribution >= 0.6 is 0 Å². The van der Waals surface area contributed by atoms with Crippen molar-refractivity contribution in [3.8, 4) is 0 Å². The Morgan fingerprint density at radius 1 is 1.55 bits per heavy atom. The smallest absolute Gasteiger partial charge is 0.155 e. The topological polar surface area (TPSA) is 17.1 Å². The van der Waals surface area contributed by atoms with Crippen molar-refractivity contribution in [2.45, 2.75) is 40.0 Å². The number of rotatable bonds is 5. The highest BCUT2D eigenvalue weighted by Crippen LogP contribution is 2.10. The Bertz CT molecular complexity index is 136. The van der Waals surface area contributed by atoms with Crippen molar-refractivity contribution in [2.24, 2.45) is 5.92 Å². The summed E-state index contributed by atoms with van der Waals surface area (Å²) in [6.45, 7) is 6.16. The van der Waals surface area contributed by atoms with Gasteiger partial charge >= 0.3 is 0 Å². The summed E-state index contributed by atoms with van der Waals surface area (Å²) >= 11 is 0. The molecule has 1 heteroatoms. The van der Waals surface area contributed by atoms with E-state index in [-0.39, 0.29) is 5.78 Å². The first-order valence-electron chi connectivity index (χ1n) is 4.36. The molecule has 0 saturated carbocycles. The van der Waals surface area contributed by atoms with Gasteiger partial charge in [-0.3, -0.25) is 4.79 Å². The maximum atomic E-state index is 11.0. The van der Waals surface area contributed by atoms with Crippen molar-refractivity contribution in [3.05, 3.63) is 12.2 Å². The predicted molar refractivity (Wildman–Crippen MR) is 48.5 cm³/mol. The Morgan fingerprint density at radius 2 is 2.18 bits per heavy atom. The van der Waals surface area contributed by atoms with Gasteiger partial charge in [-0.05, 0) is 18.9 Å². The van der Waals surface area contributed by atoms with Crippen LogP contribution in [-0.4, -0.2) is 5.78 Å². The van der Waals surface area contributed by atoms with Crippen LogP contribution in [0, 0.1) is 5.92 Å². The van der Waals surface area contributed by atoms with E-state index in [2.05, 4.69) is 13.8 Å². The first-order valence-corrected chi connectivity index (χ1v) is 4.36. The van der Waals surface area contributed by atoms with E-state index in [1.807, 2.05) is 6.92 Å². The standard InChI is InChI=1S/C10H18O/c1-4-6-9(3)8-10(11)7-5-2/h5,7,9H,4,6,8H2,1-3H3/b7-5+. The van der Waals surface area contributed by atoms with Crippen molar-refractivity contribution in [3.63, 3.8) is 0 Å². The van der Waals surface area contributed by atoms with Gasteiger partial charge < -0.3 is 0 Å². The molecule has 0 aromatic carbocycles.